The summed E-state index contributed by atoms with van der Waals surface area (Å²) in [6, 6.07) is 10.3. The molecular formula is C14H13N3S. The van der Waals surface area contributed by atoms with Gasteiger partial charge in [0.2, 0.25) is 0 Å². The SMILES string of the molecule is Cc1cn(Cc2cccc3cccnc23)c(=S)[nH]1. The molecule has 0 saturated heterocycles. The number of aryl methyl sites for hydroxylation is 1. The van der Waals surface area contributed by atoms with Gasteiger partial charge in [0.15, 0.2) is 4.77 Å². The number of H-pyrrole nitrogens is 1. The highest BCUT2D eigenvalue weighted by atomic mass is 32.1. The highest BCUT2D eigenvalue weighted by Gasteiger charge is 2.03. The van der Waals surface area contributed by atoms with Crippen LogP contribution in [0, 0.1) is 11.7 Å². The van der Waals surface area contributed by atoms with Crippen molar-refractivity contribution in [3.8, 4) is 0 Å². The van der Waals surface area contributed by atoms with E-state index in [2.05, 4.69) is 34.2 Å². The topological polar surface area (TPSA) is 33.6 Å². The quantitative estimate of drug-likeness (QED) is 0.712. The van der Waals surface area contributed by atoms with Crippen LogP contribution >= 0.6 is 12.2 Å². The Hall–Kier alpha value is -1.94. The molecule has 0 radical (unpaired) electrons. The zero-order valence-corrected chi connectivity index (χ0v) is 10.9. The number of hydrogen-bond donors (Lipinski definition) is 1. The van der Waals surface area contributed by atoms with Crippen LogP contribution in [-0.4, -0.2) is 14.5 Å². The summed E-state index contributed by atoms with van der Waals surface area (Å²) in [5, 5.41) is 1.16. The monoisotopic (exact) mass is 255 g/mol. The smallest absolute Gasteiger partial charge is 0.177 e. The standard InChI is InChI=1S/C14H13N3S/c1-10-8-17(14(18)16-10)9-12-5-2-4-11-6-3-7-15-13(11)12/h2-8H,9H2,1H3,(H,16,18). The van der Waals surface area contributed by atoms with E-state index in [1.54, 1.807) is 0 Å². The normalized spacial score (nSPS) is 10.9. The Labute approximate surface area is 110 Å². The first kappa shape index (κ1) is 11.2. The summed E-state index contributed by atoms with van der Waals surface area (Å²) in [6.07, 6.45) is 3.86. The van der Waals surface area contributed by atoms with Crippen molar-refractivity contribution in [2.75, 3.05) is 0 Å². The molecule has 0 aliphatic rings. The number of pyridine rings is 1. The molecule has 0 atom stereocenters. The van der Waals surface area contributed by atoms with Gasteiger partial charge in [-0.15, -0.1) is 0 Å². The molecule has 0 unspecified atom stereocenters. The number of hydrogen-bond acceptors (Lipinski definition) is 2. The Bertz CT molecular complexity index is 750. The van der Waals surface area contributed by atoms with E-state index in [0.717, 1.165) is 27.9 Å². The Morgan fingerprint density at radius 2 is 2.11 bits per heavy atom. The van der Waals surface area contributed by atoms with Crippen LogP contribution in [0.25, 0.3) is 10.9 Å². The lowest BCUT2D eigenvalue weighted by atomic mass is 10.1. The average Bonchev–Trinajstić information content (AvgIpc) is 2.68. The van der Waals surface area contributed by atoms with Crippen LogP contribution in [0.2, 0.25) is 0 Å². The van der Waals surface area contributed by atoms with E-state index in [4.69, 9.17) is 12.2 Å². The minimum Gasteiger partial charge on any atom is -0.335 e. The Kier molecular flexibility index (Phi) is 2.72. The van der Waals surface area contributed by atoms with E-state index in [1.807, 2.05) is 30.0 Å². The fourth-order valence-electron chi connectivity index (χ4n) is 2.16. The van der Waals surface area contributed by atoms with Crippen molar-refractivity contribution in [3.05, 3.63) is 58.8 Å². The fourth-order valence-corrected chi connectivity index (χ4v) is 2.44. The molecule has 90 valence electrons. The summed E-state index contributed by atoms with van der Waals surface area (Å²) >= 11 is 5.28. The first-order valence-corrected chi connectivity index (χ1v) is 6.23. The number of nitrogens with zero attached hydrogens (tertiary/aromatic N) is 2. The van der Waals surface area contributed by atoms with Crippen molar-refractivity contribution in [3.63, 3.8) is 0 Å². The molecule has 0 fully saturated rings. The summed E-state index contributed by atoms with van der Waals surface area (Å²) in [5.41, 5.74) is 3.30. The predicted molar refractivity (Wildman–Crippen MR) is 75.2 cm³/mol. The summed E-state index contributed by atoms with van der Waals surface area (Å²) in [7, 11) is 0. The van der Waals surface area contributed by atoms with Gasteiger partial charge in [-0.05, 0) is 30.8 Å². The van der Waals surface area contributed by atoms with Gasteiger partial charge >= 0.3 is 0 Å². The molecule has 0 saturated carbocycles. The number of rotatable bonds is 2. The van der Waals surface area contributed by atoms with Crippen molar-refractivity contribution in [1.82, 2.24) is 14.5 Å². The number of para-hydroxylation sites is 1. The van der Waals surface area contributed by atoms with Crippen molar-refractivity contribution in [2.45, 2.75) is 13.5 Å². The van der Waals surface area contributed by atoms with Gasteiger partial charge in [0.25, 0.3) is 0 Å². The fraction of sp³-hybridized carbons (Fsp3) is 0.143. The zero-order valence-electron chi connectivity index (χ0n) is 10.1. The molecule has 0 aliphatic heterocycles. The van der Waals surface area contributed by atoms with Crippen LogP contribution in [0.5, 0.6) is 0 Å². The molecule has 2 aromatic heterocycles. The second-order valence-electron chi connectivity index (χ2n) is 4.36. The van der Waals surface area contributed by atoms with Crippen LogP contribution < -0.4 is 0 Å². The third-order valence-corrected chi connectivity index (χ3v) is 3.31. The Morgan fingerprint density at radius 3 is 2.89 bits per heavy atom. The van der Waals surface area contributed by atoms with Crippen LogP contribution in [0.15, 0.2) is 42.7 Å². The van der Waals surface area contributed by atoms with E-state index in [9.17, 15) is 0 Å². The van der Waals surface area contributed by atoms with Gasteiger partial charge in [0.1, 0.15) is 0 Å². The molecule has 0 amide bonds. The number of aromatic amines is 1. The Balaban J connectivity index is 2.10. The molecular weight excluding hydrogens is 242 g/mol. The van der Waals surface area contributed by atoms with Gasteiger partial charge in [-0.2, -0.15) is 0 Å². The molecule has 1 aromatic carbocycles. The van der Waals surface area contributed by atoms with Gasteiger partial charge in [-0.1, -0.05) is 24.3 Å². The van der Waals surface area contributed by atoms with Crippen molar-refractivity contribution in [2.24, 2.45) is 0 Å². The van der Waals surface area contributed by atoms with Crippen LogP contribution in [-0.2, 0) is 6.54 Å². The van der Waals surface area contributed by atoms with E-state index in [1.165, 1.54) is 5.56 Å². The number of imidazole rings is 1. The summed E-state index contributed by atoms with van der Waals surface area (Å²) in [5.74, 6) is 0. The van der Waals surface area contributed by atoms with E-state index < -0.39 is 0 Å². The molecule has 3 rings (SSSR count). The third kappa shape index (κ3) is 1.95. The van der Waals surface area contributed by atoms with Gasteiger partial charge in [-0.25, -0.2) is 0 Å². The van der Waals surface area contributed by atoms with Gasteiger partial charge in [0.05, 0.1) is 12.1 Å². The summed E-state index contributed by atoms with van der Waals surface area (Å²) < 4.78 is 2.79. The lowest BCUT2D eigenvalue weighted by Gasteiger charge is -2.06. The molecule has 3 aromatic rings. The molecule has 3 nitrogen and oxygen atoms in total. The van der Waals surface area contributed by atoms with Crippen LogP contribution in [0.4, 0.5) is 0 Å². The molecule has 4 heteroatoms. The minimum absolute atomic E-state index is 0.748. The summed E-state index contributed by atoms with van der Waals surface area (Å²) in [6.45, 7) is 2.76. The van der Waals surface area contributed by atoms with Crippen molar-refractivity contribution >= 4 is 23.1 Å². The van der Waals surface area contributed by atoms with Crippen LogP contribution in [0.3, 0.4) is 0 Å². The molecule has 1 N–H and O–H groups in total. The number of aromatic nitrogens is 3. The van der Waals surface area contributed by atoms with Gasteiger partial charge in [0, 0.05) is 23.5 Å². The average molecular weight is 255 g/mol. The lowest BCUT2D eigenvalue weighted by molar-refractivity contribution is 0.787. The maximum Gasteiger partial charge on any atom is 0.177 e. The Morgan fingerprint density at radius 1 is 1.28 bits per heavy atom. The number of fused-ring (bicyclic) bond motifs is 1. The number of nitrogens with one attached hydrogen (secondary N) is 1. The molecule has 0 aliphatic carbocycles. The van der Waals surface area contributed by atoms with E-state index in [-0.39, 0.29) is 0 Å². The largest absolute Gasteiger partial charge is 0.335 e. The maximum absolute atomic E-state index is 5.28. The highest BCUT2D eigenvalue weighted by molar-refractivity contribution is 7.71. The molecule has 0 spiro atoms. The van der Waals surface area contributed by atoms with E-state index >= 15 is 0 Å². The molecule has 18 heavy (non-hydrogen) atoms. The third-order valence-electron chi connectivity index (χ3n) is 2.97. The van der Waals surface area contributed by atoms with E-state index in [0.29, 0.717) is 0 Å². The zero-order chi connectivity index (χ0) is 12.5. The molecule has 0 bridgehead atoms. The van der Waals surface area contributed by atoms with Crippen molar-refractivity contribution in [1.29, 1.82) is 0 Å². The minimum atomic E-state index is 0.748. The first-order valence-electron chi connectivity index (χ1n) is 5.83. The second kappa shape index (κ2) is 4.38. The van der Waals surface area contributed by atoms with Gasteiger partial charge < -0.3 is 9.55 Å². The second-order valence-corrected chi connectivity index (χ2v) is 4.75. The lowest BCUT2D eigenvalue weighted by Crippen LogP contribution is -1.99. The maximum atomic E-state index is 5.28. The number of benzene rings is 1. The van der Waals surface area contributed by atoms with Crippen molar-refractivity contribution < 1.29 is 0 Å². The predicted octanol–water partition coefficient (Wildman–Crippen LogP) is 3.45. The first-order chi connectivity index (χ1) is 8.74. The highest BCUT2D eigenvalue weighted by Crippen LogP contribution is 2.17. The van der Waals surface area contributed by atoms with Crippen LogP contribution in [0.1, 0.15) is 11.3 Å². The molecule has 2 heterocycles. The summed E-state index contributed by atoms with van der Waals surface area (Å²) in [4.78, 5) is 7.59. The van der Waals surface area contributed by atoms with Gasteiger partial charge in [-0.3, -0.25) is 4.98 Å².